The second-order valence-electron chi connectivity index (χ2n) is 7.32. The third kappa shape index (κ3) is 6.13. The zero-order valence-electron chi connectivity index (χ0n) is 18.7. The maximum atomic E-state index is 12.7. The van der Waals surface area contributed by atoms with Gasteiger partial charge in [-0.15, -0.1) is 5.10 Å². The summed E-state index contributed by atoms with van der Waals surface area (Å²) < 4.78 is 10.4. The van der Waals surface area contributed by atoms with Gasteiger partial charge < -0.3 is 14.5 Å². The number of para-hydroxylation sites is 1. The molecule has 0 atom stereocenters. The molecule has 3 aromatic carbocycles. The lowest BCUT2D eigenvalue weighted by Gasteiger charge is -2.11. The molecule has 12 nitrogen and oxygen atoms in total. The Bertz CT molecular complexity index is 1490. The summed E-state index contributed by atoms with van der Waals surface area (Å²) in [5.41, 5.74) is 0.392. The maximum absolute atomic E-state index is 12.7. The summed E-state index contributed by atoms with van der Waals surface area (Å²) in [6.45, 7) is -0.668. The minimum atomic E-state index is -0.892. The number of nitro benzene ring substituents is 1. The van der Waals surface area contributed by atoms with E-state index in [-0.39, 0.29) is 39.4 Å². The van der Waals surface area contributed by atoms with E-state index < -0.39 is 29.3 Å². The molecule has 4 rings (SSSR count). The SMILES string of the molecule is O=C(COC(=O)c1ccccc1NC(=O)c1ccc([N+](=O)[O-])cc1Cl)Nc1nnc(-c2ccccc2)o1. The van der Waals surface area contributed by atoms with E-state index in [0.717, 1.165) is 12.1 Å². The highest BCUT2D eigenvalue weighted by Gasteiger charge is 2.20. The van der Waals surface area contributed by atoms with Crippen LogP contribution in [0.4, 0.5) is 17.4 Å². The summed E-state index contributed by atoms with van der Waals surface area (Å²) in [5.74, 6) is -2.12. The molecule has 0 aliphatic carbocycles. The lowest BCUT2D eigenvalue weighted by atomic mass is 10.1. The Morgan fingerprint density at radius 3 is 2.41 bits per heavy atom. The van der Waals surface area contributed by atoms with Crippen LogP contribution < -0.4 is 10.6 Å². The van der Waals surface area contributed by atoms with Crippen LogP contribution in [0, 0.1) is 10.1 Å². The topological polar surface area (TPSA) is 167 Å². The molecule has 0 unspecified atom stereocenters. The number of carbonyl (C=O) groups is 3. The molecule has 186 valence electrons. The van der Waals surface area contributed by atoms with E-state index >= 15 is 0 Å². The number of benzene rings is 3. The predicted molar refractivity (Wildman–Crippen MR) is 131 cm³/mol. The Hall–Kier alpha value is -5.10. The van der Waals surface area contributed by atoms with Crippen molar-refractivity contribution < 1.29 is 28.5 Å². The van der Waals surface area contributed by atoms with Crippen LogP contribution in [0.3, 0.4) is 0 Å². The van der Waals surface area contributed by atoms with Crippen LogP contribution in [0.1, 0.15) is 20.7 Å². The van der Waals surface area contributed by atoms with Crippen molar-refractivity contribution in [3.63, 3.8) is 0 Å². The van der Waals surface area contributed by atoms with Crippen molar-refractivity contribution in [2.45, 2.75) is 0 Å². The maximum Gasteiger partial charge on any atom is 0.340 e. The third-order valence-electron chi connectivity index (χ3n) is 4.83. The smallest absolute Gasteiger partial charge is 0.340 e. The Morgan fingerprint density at radius 2 is 1.68 bits per heavy atom. The molecule has 4 aromatic rings. The number of nitrogens with one attached hydrogen (secondary N) is 2. The van der Waals surface area contributed by atoms with E-state index in [2.05, 4.69) is 20.8 Å². The minimum absolute atomic E-state index is 0.0363. The fourth-order valence-electron chi connectivity index (χ4n) is 3.10. The molecule has 0 radical (unpaired) electrons. The molecule has 0 saturated heterocycles. The molecule has 1 aromatic heterocycles. The normalized spacial score (nSPS) is 10.4. The van der Waals surface area contributed by atoms with E-state index in [1.54, 1.807) is 30.3 Å². The highest BCUT2D eigenvalue weighted by Crippen LogP contribution is 2.25. The molecule has 0 aliphatic heterocycles. The van der Waals surface area contributed by atoms with Crippen LogP contribution in [0.2, 0.25) is 5.02 Å². The van der Waals surface area contributed by atoms with Gasteiger partial charge in [-0.25, -0.2) is 4.79 Å². The number of nitro groups is 1. The molecule has 37 heavy (non-hydrogen) atoms. The molecule has 0 saturated carbocycles. The molecule has 2 amide bonds. The standard InChI is InChI=1S/C24H16ClN5O7/c25-18-12-15(30(34)35)10-11-16(18)21(32)26-19-9-5-4-8-17(19)23(33)36-13-20(31)27-24-29-28-22(37-24)14-6-2-1-3-7-14/h1-12H,13H2,(H,26,32)(H,27,29,31). The molecular weight excluding hydrogens is 506 g/mol. The van der Waals surface area contributed by atoms with Gasteiger partial charge in [0.25, 0.3) is 17.5 Å². The van der Waals surface area contributed by atoms with Gasteiger partial charge in [0.05, 0.1) is 26.8 Å². The quantitative estimate of drug-likeness (QED) is 0.194. The Kier molecular flexibility index (Phi) is 7.50. The number of ether oxygens (including phenoxy) is 1. The van der Waals surface area contributed by atoms with Gasteiger partial charge in [-0.05, 0) is 30.3 Å². The van der Waals surface area contributed by atoms with Crippen LogP contribution >= 0.6 is 11.6 Å². The van der Waals surface area contributed by atoms with Crippen molar-refractivity contribution in [2.75, 3.05) is 17.2 Å². The summed E-state index contributed by atoms with van der Waals surface area (Å²) in [6, 6.07) is 18.0. The number of esters is 1. The second kappa shape index (κ2) is 11.1. The number of hydrogen-bond acceptors (Lipinski definition) is 9. The summed E-state index contributed by atoms with van der Waals surface area (Å²) >= 11 is 6.01. The molecule has 0 fully saturated rings. The minimum Gasteiger partial charge on any atom is -0.452 e. The van der Waals surface area contributed by atoms with E-state index in [1.807, 2.05) is 6.07 Å². The lowest BCUT2D eigenvalue weighted by molar-refractivity contribution is -0.384. The number of aromatic nitrogens is 2. The molecule has 2 N–H and O–H groups in total. The number of hydrogen-bond donors (Lipinski definition) is 2. The first-order chi connectivity index (χ1) is 17.8. The number of carbonyl (C=O) groups excluding carboxylic acids is 3. The second-order valence-corrected chi connectivity index (χ2v) is 7.73. The number of rotatable bonds is 8. The molecule has 0 aliphatic rings. The van der Waals surface area contributed by atoms with E-state index in [0.29, 0.717) is 5.56 Å². The van der Waals surface area contributed by atoms with Gasteiger partial charge in [0.1, 0.15) is 0 Å². The zero-order chi connectivity index (χ0) is 26.4. The zero-order valence-corrected chi connectivity index (χ0v) is 19.5. The van der Waals surface area contributed by atoms with Crippen LogP contribution in [-0.4, -0.2) is 39.5 Å². The molecular formula is C24H16ClN5O7. The van der Waals surface area contributed by atoms with Crippen LogP contribution in [0.25, 0.3) is 11.5 Å². The molecule has 1 heterocycles. The molecule has 0 bridgehead atoms. The Labute approximate surface area is 213 Å². The number of nitrogens with zero attached hydrogens (tertiary/aromatic N) is 3. The first-order valence-electron chi connectivity index (χ1n) is 10.5. The first kappa shape index (κ1) is 25.0. The van der Waals surface area contributed by atoms with Gasteiger partial charge in [-0.1, -0.05) is 47.0 Å². The van der Waals surface area contributed by atoms with Crippen molar-refractivity contribution in [1.29, 1.82) is 0 Å². The van der Waals surface area contributed by atoms with Gasteiger partial charge in [0, 0.05) is 17.7 Å². The van der Waals surface area contributed by atoms with E-state index in [4.69, 9.17) is 20.8 Å². The fraction of sp³-hybridized carbons (Fsp3) is 0.0417. The summed E-state index contributed by atoms with van der Waals surface area (Å²) in [7, 11) is 0. The highest BCUT2D eigenvalue weighted by atomic mass is 35.5. The predicted octanol–water partition coefficient (Wildman–Crippen LogP) is 4.35. The van der Waals surface area contributed by atoms with Gasteiger partial charge in [-0.3, -0.25) is 25.0 Å². The van der Waals surface area contributed by atoms with Crippen molar-refractivity contribution in [3.8, 4) is 11.5 Å². The third-order valence-corrected chi connectivity index (χ3v) is 5.14. The van der Waals surface area contributed by atoms with Crippen LogP contribution in [0.5, 0.6) is 0 Å². The molecule has 13 heteroatoms. The van der Waals surface area contributed by atoms with Crippen LogP contribution in [-0.2, 0) is 9.53 Å². The number of halogens is 1. The van der Waals surface area contributed by atoms with Crippen molar-refractivity contribution in [2.24, 2.45) is 0 Å². The van der Waals surface area contributed by atoms with E-state index in [9.17, 15) is 24.5 Å². The highest BCUT2D eigenvalue weighted by molar-refractivity contribution is 6.34. The fourth-order valence-corrected chi connectivity index (χ4v) is 3.36. The lowest BCUT2D eigenvalue weighted by Crippen LogP contribution is -2.22. The van der Waals surface area contributed by atoms with Gasteiger partial charge >= 0.3 is 12.0 Å². The average molecular weight is 522 g/mol. The van der Waals surface area contributed by atoms with Gasteiger partial charge in [0.2, 0.25) is 5.89 Å². The average Bonchev–Trinajstić information content (AvgIpc) is 3.36. The Balaban J connectivity index is 1.37. The molecule has 0 spiro atoms. The van der Waals surface area contributed by atoms with Gasteiger partial charge in [0.15, 0.2) is 6.61 Å². The number of anilines is 2. The van der Waals surface area contributed by atoms with Crippen molar-refractivity contribution in [3.05, 3.63) is 99.1 Å². The summed E-state index contributed by atoms with van der Waals surface area (Å²) in [6.07, 6.45) is 0. The largest absolute Gasteiger partial charge is 0.452 e. The Morgan fingerprint density at radius 1 is 0.946 bits per heavy atom. The summed E-state index contributed by atoms with van der Waals surface area (Å²) in [4.78, 5) is 47.7. The first-order valence-corrected chi connectivity index (χ1v) is 10.9. The monoisotopic (exact) mass is 521 g/mol. The van der Waals surface area contributed by atoms with Crippen molar-refractivity contribution in [1.82, 2.24) is 10.2 Å². The van der Waals surface area contributed by atoms with Gasteiger partial charge in [-0.2, -0.15) is 0 Å². The van der Waals surface area contributed by atoms with Crippen LogP contribution in [0.15, 0.2) is 77.2 Å². The number of amides is 2. The van der Waals surface area contributed by atoms with Crippen molar-refractivity contribution >= 4 is 46.8 Å². The summed E-state index contributed by atoms with van der Waals surface area (Å²) in [5, 5.41) is 23.2. The van der Waals surface area contributed by atoms with E-state index in [1.165, 1.54) is 24.3 Å². The number of non-ortho nitro benzene ring substituents is 1.